The van der Waals surface area contributed by atoms with Crippen LogP contribution in [-0.4, -0.2) is 23.9 Å². The van der Waals surface area contributed by atoms with Crippen molar-refractivity contribution in [3.63, 3.8) is 0 Å². The monoisotopic (exact) mass is 429 g/mol. The zero-order valence-corrected chi connectivity index (χ0v) is 10.2. The van der Waals surface area contributed by atoms with Gasteiger partial charge in [0.2, 0.25) is 0 Å². The van der Waals surface area contributed by atoms with Crippen LogP contribution in [0.15, 0.2) is 0 Å². The molecular formula is H2AuCrNiSn. The van der Waals surface area contributed by atoms with Gasteiger partial charge in [-0.2, -0.15) is 0 Å². The summed E-state index contributed by atoms with van der Waals surface area (Å²) >= 11 is 0. The van der Waals surface area contributed by atoms with E-state index in [0.29, 0.717) is 0 Å². The van der Waals surface area contributed by atoms with E-state index < -0.39 is 0 Å². The third-order valence-corrected chi connectivity index (χ3v) is 0. The molecule has 4 heteroatoms. The van der Waals surface area contributed by atoms with Crippen LogP contribution in [0, 0.1) is 0 Å². The van der Waals surface area contributed by atoms with Crippen LogP contribution in [0.25, 0.3) is 0 Å². The zero-order valence-electron chi connectivity index (χ0n) is 1.73. The van der Waals surface area contributed by atoms with Crippen molar-refractivity contribution in [2.75, 3.05) is 0 Å². The summed E-state index contributed by atoms with van der Waals surface area (Å²) in [6.45, 7) is 0. The number of hydrogen-bond donors (Lipinski definition) is 0. The third-order valence-electron chi connectivity index (χ3n) is 0. The van der Waals surface area contributed by atoms with Gasteiger partial charge in [0.15, 0.2) is 0 Å². The average molecular weight is 428 g/mol. The molecule has 0 atom stereocenters. The van der Waals surface area contributed by atoms with Gasteiger partial charge in [0.25, 0.3) is 0 Å². The molecule has 0 saturated carbocycles. The van der Waals surface area contributed by atoms with Crippen LogP contribution < -0.4 is 0 Å². The molecule has 0 heterocycles. The van der Waals surface area contributed by atoms with E-state index >= 15 is 0 Å². The molecule has 33 valence electrons. The second-order valence-electron chi connectivity index (χ2n) is 0. The maximum atomic E-state index is 0. The Kier molecular flexibility index (Phi) is 136. The summed E-state index contributed by atoms with van der Waals surface area (Å²) in [5.41, 5.74) is 0. The first-order valence-electron chi connectivity index (χ1n) is 0. The zero-order chi connectivity index (χ0) is 0. The molecule has 0 rings (SSSR count). The van der Waals surface area contributed by atoms with Gasteiger partial charge in [0, 0.05) is 56.2 Å². The van der Waals surface area contributed by atoms with Gasteiger partial charge < -0.3 is 0 Å². The molecule has 0 aromatic heterocycles. The van der Waals surface area contributed by atoms with Crippen molar-refractivity contribution in [1.29, 1.82) is 0 Å². The third kappa shape index (κ3) is 8.82. The van der Waals surface area contributed by atoms with Gasteiger partial charge in [0.1, 0.15) is 0 Å². The van der Waals surface area contributed by atoms with Gasteiger partial charge in [-0.1, -0.05) is 0 Å². The molecule has 0 bridgehead atoms. The fourth-order valence-corrected chi connectivity index (χ4v) is 0. The van der Waals surface area contributed by atoms with E-state index in [1.54, 1.807) is 0 Å². The molecule has 0 aromatic rings. The molecule has 0 saturated heterocycles. The molecule has 3 radical (unpaired) electrons. The van der Waals surface area contributed by atoms with Crippen LogP contribution in [-0.2, 0) is 56.2 Å². The van der Waals surface area contributed by atoms with E-state index in [9.17, 15) is 0 Å². The summed E-state index contributed by atoms with van der Waals surface area (Å²) in [5.74, 6) is 0. The van der Waals surface area contributed by atoms with Crippen molar-refractivity contribution in [3.8, 4) is 0 Å². The molecule has 0 aromatic carbocycles. The van der Waals surface area contributed by atoms with E-state index in [2.05, 4.69) is 0 Å². The van der Waals surface area contributed by atoms with Crippen molar-refractivity contribution in [3.05, 3.63) is 0 Å². The van der Waals surface area contributed by atoms with E-state index in [4.69, 9.17) is 0 Å². The Morgan fingerprint density at radius 2 is 1.00 bits per heavy atom. The Hall–Kier alpha value is 2.56. The summed E-state index contributed by atoms with van der Waals surface area (Å²) in [5, 5.41) is 0. The normalized spacial score (nSPS) is 0. The minimum atomic E-state index is 0. The van der Waals surface area contributed by atoms with Crippen LogP contribution in [0.1, 0.15) is 0 Å². The fourth-order valence-electron chi connectivity index (χ4n) is 0. The SMILES string of the molecule is [Au].[Cr].[Ni].[SnH2]. The van der Waals surface area contributed by atoms with Gasteiger partial charge in [-0.25, -0.2) is 0 Å². The first-order chi connectivity index (χ1) is 0. The van der Waals surface area contributed by atoms with Crippen LogP contribution in [0.2, 0.25) is 0 Å². The van der Waals surface area contributed by atoms with Gasteiger partial charge in [-0.3, -0.25) is 0 Å². The Balaban J connectivity index is 0. The molecule has 0 N–H and O–H groups in total. The van der Waals surface area contributed by atoms with E-state index in [1.807, 2.05) is 0 Å². The summed E-state index contributed by atoms with van der Waals surface area (Å²) < 4.78 is 0. The van der Waals surface area contributed by atoms with Crippen LogP contribution >= 0.6 is 0 Å². The second kappa shape index (κ2) is 17.6. The van der Waals surface area contributed by atoms with Gasteiger partial charge in [-0.15, -0.1) is 0 Å². The molecule has 0 spiro atoms. The molecule has 0 aliphatic rings. The fraction of sp³-hybridized carbons (Fsp3) is 0. The Morgan fingerprint density at radius 1 is 1.00 bits per heavy atom. The standard InChI is InChI=1S/Au.Cr.Ni.Sn.2H. The van der Waals surface area contributed by atoms with E-state index in [1.165, 1.54) is 0 Å². The molecule has 0 unspecified atom stereocenters. The van der Waals surface area contributed by atoms with Gasteiger partial charge >= 0.3 is 23.9 Å². The maximum absolute atomic E-state index is 0. The van der Waals surface area contributed by atoms with E-state index in [0.717, 1.165) is 0 Å². The van der Waals surface area contributed by atoms with E-state index in [-0.39, 0.29) is 80.1 Å². The van der Waals surface area contributed by atoms with Crippen LogP contribution in [0.4, 0.5) is 0 Å². The van der Waals surface area contributed by atoms with Crippen molar-refractivity contribution in [2.45, 2.75) is 0 Å². The van der Waals surface area contributed by atoms with Crippen LogP contribution in [0.3, 0.4) is 0 Å². The topological polar surface area (TPSA) is 0 Å². The quantitative estimate of drug-likeness (QED) is 0.438. The first-order valence-corrected chi connectivity index (χ1v) is 0. The van der Waals surface area contributed by atoms with Gasteiger partial charge in [0.05, 0.1) is 0 Å². The predicted octanol–water partition coefficient (Wildman–Crippen LogP) is -0.924. The Bertz CT molecular complexity index is 8.00. The van der Waals surface area contributed by atoms with Crippen LogP contribution in [0.5, 0.6) is 0 Å². The molecule has 4 heavy (non-hydrogen) atoms. The molecule has 0 nitrogen and oxygen atoms in total. The van der Waals surface area contributed by atoms with Crippen molar-refractivity contribution in [1.82, 2.24) is 0 Å². The minimum absolute atomic E-state index is 0. The van der Waals surface area contributed by atoms with Gasteiger partial charge in [-0.05, 0) is 0 Å². The molecule has 0 aliphatic carbocycles. The number of hydrogen-bond acceptors (Lipinski definition) is 0. The van der Waals surface area contributed by atoms with Crippen molar-refractivity contribution >= 4 is 23.9 Å². The first kappa shape index (κ1) is 30.9. The summed E-state index contributed by atoms with van der Waals surface area (Å²) in [6, 6.07) is 0. The molecule has 0 fully saturated rings. The molecular weight excluding hydrogens is 426 g/mol. The summed E-state index contributed by atoms with van der Waals surface area (Å²) in [4.78, 5) is 0. The molecule has 0 amide bonds. The Morgan fingerprint density at radius 3 is 1.00 bits per heavy atom. The summed E-state index contributed by atoms with van der Waals surface area (Å²) in [6.07, 6.45) is 0. The summed E-state index contributed by atoms with van der Waals surface area (Å²) in [7, 11) is 0. The van der Waals surface area contributed by atoms with Crippen molar-refractivity contribution < 1.29 is 56.2 Å². The second-order valence-corrected chi connectivity index (χ2v) is 0. The number of rotatable bonds is 0. The predicted molar refractivity (Wildman–Crippen MR) is 8.54 cm³/mol. The van der Waals surface area contributed by atoms with Crippen molar-refractivity contribution in [2.24, 2.45) is 0 Å². The molecule has 0 aliphatic heterocycles. The Labute approximate surface area is 79.0 Å². The average Bonchev–Trinajstić information content (AvgIpc) is 0.